The first-order valence-electron chi connectivity index (χ1n) is 11.9. The molecule has 39 heavy (non-hydrogen) atoms. The number of hydrogen-bond donors (Lipinski definition) is 1. The maximum Gasteiger partial charge on any atom is 0.418 e. The van der Waals surface area contributed by atoms with Gasteiger partial charge in [-0.3, -0.25) is 14.5 Å². The Morgan fingerprint density at radius 1 is 1.10 bits per heavy atom. The number of para-hydroxylation sites is 1. The van der Waals surface area contributed by atoms with Gasteiger partial charge in [0.1, 0.15) is 11.6 Å². The number of nitrogens with one attached hydrogen (secondary N) is 1. The fourth-order valence-corrected chi connectivity index (χ4v) is 5.72. The molecule has 1 saturated heterocycles. The molecule has 1 fully saturated rings. The van der Waals surface area contributed by atoms with Crippen LogP contribution in [-0.2, 0) is 22.0 Å². The van der Waals surface area contributed by atoms with Crippen LogP contribution in [0.25, 0.3) is 10.9 Å². The largest absolute Gasteiger partial charge is 0.483 e. The molecule has 4 aromatic rings. The SMILES string of the molecule is Cc1nsc(NS(=O)c2ccc(N3CCN(C(=O)COc4ccnc5c(C(F)(F)F)cccc45)CC3)cc2)n1. The van der Waals surface area contributed by atoms with Crippen molar-refractivity contribution < 1.29 is 26.9 Å². The zero-order valence-corrected chi connectivity index (χ0v) is 22.3. The highest BCUT2D eigenvalue weighted by Crippen LogP contribution is 2.36. The fourth-order valence-electron chi connectivity index (χ4n) is 4.21. The molecule has 1 aliphatic rings. The van der Waals surface area contributed by atoms with Crippen LogP contribution < -0.4 is 14.4 Å². The number of fused-ring (bicyclic) bond motifs is 1. The van der Waals surface area contributed by atoms with Crippen LogP contribution in [-0.4, -0.2) is 62.1 Å². The second kappa shape index (κ2) is 11.1. The first kappa shape index (κ1) is 26.8. The van der Waals surface area contributed by atoms with E-state index < -0.39 is 22.7 Å². The third kappa shape index (κ3) is 6.11. The van der Waals surface area contributed by atoms with E-state index in [1.54, 1.807) is 24.0 Å². The highest BCUT2D eigenvalue weighted by atomic mass is 32.2. The van der Waals surface area contributed by atoms with Crippen molar-refractivity contribution in [1.82, 2.24) is 19.2 Å². The van der Waals surface area contributed by atoms with Crippen LogP contribution in [0.15, 0.2) is 59.6 Å². The van der Waals surface area contributed by atoms with E-state index in [0.29, 0.717) is 42.0 Å². The number of pyridine rings is 1. The number of ether oxygens (including phenoxy) is 1. The molecule has 1 N–H and O–H groups in total. The normalized spacial score (nSPS) is 14.9. The minimum atomic E-state index is -4.55. The van der Waals surface area contributed by atoms with E-state index in [4.69, 9.17) is 4.74 Å². The third-order valence-corrected chi connectivity index (χ3v) is 8.07. The number of carbonyl (C=O) groups excluding carboxylic acids is 1. The quantitative estimate of drug-likeness (QED) is 0.351. The average molecular weight is 577 g/mol. The summed E-state index contributed by atoms with van der Waals surface area (Å²) >= 11 is 1.15. The summed E-state index contributed by atoms with van der Waals surface area (Å²) < 4.78 is 65.1. The van der Waals surface area contributed by atoms with Gasteiger partial charge >= 0.3 is 6.18 Å². The molecule has 2 aromatic carbocycles. The van der Waals surface area contributed by atoms with Crippen molar-refractivity contribution in [2.45, 2.75) is 18.0 Å². The molecular formula is C25H23F3N6O3S2. The molecule has 0 aliphatic carbocycles. The summed E-state index contributed by atoms with van der Waals surface area (Å²) in [6.07, 6.45) is -3.31. The molecule has 9 nitrogen and oxygen atoms in total. The summed E-state index contributed by atoms with van der Waals surface area (Å²) in [4.78, 5) is 25.2. The summed E-state index contributed by atoms with van der Waals surface area (Å²) in [5.74, 6) is 0.533. The van der Waals surface area contributed by atoms with Gasteiger partial charge in [0.15, 0.2) is 17.6 Å². The maximum atomic E-state index is 13.3. The van der Waals surface area contributed by atoms with Gasteiger partial charge in [-0.05, 0) is 49.4 Å². The van der Waals surface area contributed by atoms with Gasteiger partial charge in [-0.2, -0.15) is 17.5 Å². The Labute approximate surface area is 228 Å². The van der Waals surface area contributed by atoms with E-state index in [1.165, 1.54) is 24.4 Å². The molecule has 0 bridgehead atoms. The predicted octanol–water partition coefficient (Wildman–Crippen LogP) is 4.28. The van der Waals surface area contributed by atoms with E-state index in [9.17, 15) is 22.2 Å². The van der Waals surface area contributed by atoms with Crippen molar-refractivity contribution >= 4 is 50.1 Å². The predicted molar refractivity (Wildman–Crippen MR) is 142 cm³/mol. The zero-order chi connectivity index (χ0) is 27.6. The number of nitrogens with zero attached hydrogens (tertiary/aromatic N) is 5. The molecule has 1 unspecified atom stereocenters. The van der Waals surface area contributed by atoms with Gasteiger partial charge in [0, 0.05) is 55.0 Å². The summed E-state index contributed by atoms with van der Waals surface area (Å²) in [7, 11) is -1.47. The molecule has 14 heteroatoms. The van der Waals surface area contributed by atoms with Gasteiger partial charge in [0.25, 0.3) is 5.91 Å². The first-order valence-corrected chi connectivity index (χ1v) is 13.8. The molecule has 1 atom stereocenters. The number of carbonyl (C=O) groups is 1. The number of aryl methyl sites for hydroxylation is 1. The van der Waals surface area contributed by atoms with Crippen LogP contribution >= 0.6 is 11.5 Å². The number of piperazine rings is 1. The van der Waals surface area contributed by atoms with E-state index >= 15 is 0 Å². The number of alkyl halides is 3. The van der Waals surface area contributed by atoms with Gasteiger partial charge in [-0.25, -0.2) is 9.19 Å². The van der Waals surface area contributed by atoms with Crippen molar-refractivity contribution in [1.29, 1.82) is 0 Å². The Balaban J connectivity index is 1.15. The highest BCUT2D eigenvalue weighted by Gasteiger charge is 2.33. The van der Waals surface area contributed by atoms with Crippen LogP contribution in [0.5, 0.6) is 5.75 Å². The molecule has 1 aliphatic heterocycles. The number of rotatable bonds is 7. The number of hydrogen-bond acceptors (Lipinski definition) is 8. The average Bonchev–Trinajstić information content (AvgIpc) is 3.35. The summed E-state index contributed by atoms with van der Waals surface area (Å²) in [5, 5.41) is 0.686. The van der Waals surface area contributed by atoms with Crippen molar-refractivity contribution in [2.75, 3.05) is 42.4 Å². The van der Waals surface area contributed by atoms with Crippen LogP contribution in [0.3, 0.4) is 0 Å². The number of benzene rings is 2. The van der Waals surface area contributed by atoms with Crippen molar-refractivity contribution in [2.24, 2.45) is 0 Å². The molecular weight excluding hydrogens is 553 g/mol. The molecule has 0 radical (unpaired) electrons. The van der Waals surface area contributed by atoms with Gasteiger partial charge in [-0.15, -0.1) is 0 Å². The molecule has 3 heterocycles. The molecule has 5 rings (SSSR count). The van der Waals surface area contributed by atoms with E-state index in [-0.39, 0.29) is 29.2 Å². The summed E-state index contributed by atoms with van der Waals surface area (Å²) in [6.45, 7) is 3.56. The number of halogens is 3. The summed E-state index contributed by atoms with van der Waals surface area (Å²) in [6, 6.07) is 12.5. The lowest BCUT2D eigenvalue weighted by Crippen LogP contribution is -2.50. The molecule has 204 valence electrons. The topological polar surface area (TPSA) is 101 Å². The van der Waals surface area contributed by atoms with Crippen LogP contribution in [0.2, 0.25) is 0 Å². The van der Waals surface area contributed by atoms with Gasteiger partial charge in [0.05, 0.1) is 16.0 Å². The molecule has 0 saturated carbocycles. The van der Waals surface area contributed by atoms with E-state index in [1.807, 2.05) is 12.1 Å². The molecule has 2 aromatic heterocycles. The lowest BCUT2D eigenvalue weighted by molar-refractivity contribution is -0.136. The Hall–Kier alpha value is -3.78. The zero-order valence-electron chi connectivity index (χ0n) is 20.6. The van der Waals surface area contributed by atoms with E-state index in [0.717, 1.165) is 23.3 Å². The van der Waals surface area contributed by atoms with Gasteiger partial charge in [-0.1, -0.05) is 6.07 Å². The number of anilines is 2. The van der Waals surface area contributed by atoms with Crippen LogP contribution in [0.4, 0.5) is 24.0 Å². The second-order valence-corrected chi connectivity index (χ2v) is 10.6. The first-order chi connectivity index (χ1) is 18.7. The number of aromatic nitrogens is 3. The lowest BCUT2D eigenvalue weighted by Gasteiger charge is -2.36. The van der Waals surface area contributed by atoms with Crippen LogP contribution in [0, 0.1) is 6.92 Å². The summed E-state index contributed by atoms with van der Waals surface area (Å²) in [5.41, 5.74) is -0.130. The molecule has 1 amide bonds. The van der Waals surface area contributed by atoms with E-state index in [2.05, 4.69) is 24.0 Å². The Kier molecular flexibility index (Phi) is 7.66. The minimum absolute atomic E-state index is 0.173. The minimum Gasteiger partial charge on any atom is -0.483 e. The maximum absolute atomic E-state index is 13.3. The van der Waals surface area contributed by atoms with Gasteiger partial charge < -0.3 is 14.5 Å². The third-order valence-electron chi connectivity index (χ3n) is 6.14. The Bertz CT molecular complexity index is 1510. The fraction of sp³-hybridized carbons (Fsp3) is 0.280. The molecule has 0 spiro atoms. The lowest BCUT2D eigenvalue weighted by atomic mass is 10.1. The standard InChI is InChI=1S/C25H23F3N6O3S2/c1-16-30-24(38-31-16)32-39(36)18-7-5-17(6-8-18)33-11-13-34(14-12-33)22(35)15-37-21-9-10-29-23-19(21)3-2-4-20(23)25(26,27)28/h2-10H,11-15H2,1H3,(H,30,31,32). The Morgan fingerprint density at radius 3 is 2.51 bits per heavy atom. The van der Waals surface area contributed by atoms with Crippen molar-refractivity contribution in [3.05, 3.63) is 66.1 Å². The smallest absolute Gasteiger partial charge is 0.418 e. The monoisotopic (exact) mass is 576 g/mol. The highest BCUT2D eigenvalue weighted by molar-refractivity contribution is 7.86. The van der Waals surface area contributed by atoms with Gasteiger partial charge in [0.2, 0.25) is 5.13 Å². The van der Waals surface area contributed by atoms with Crippen LogP contribution in [0.1, 0.15) is 11.4 Å². The number of amides is 1. The second-order valence-electron chi connectivity index (χ2n) is 8.68. The Morgan fingerprint density at radius 2 is 1.85 bits per heavy atom. The van der Waals surface area contributed by atoms with Crippen molar-refractivity contribution in [3.63, 3.8) is 0 Å². The van der Waals surface area contributed by atoms with Crippen molar-refractivity contribution in [3.8, 4) is 5.75 Å².